The van der Waals surface area contributed by atoms with Crippen LogP contribution in [0.5, 0.6) is 0 Å². The Balaban J connectivity index is 2.07. The minimum atomic E-state index is 0.365. The smallest absolute Gasteiger partial charge is 0.0955 e. The van der Waals surface area contributed by atoms with E-state index in [0.717, 1.165) is 5.92 Å². The lowest BCUT2D eigenvalue weighted by molar-refractivity contribution is 0.130. The molecule has 0 radical (unpaired) electrons. The summed E-state index contributed by atoms with van der Waals surface area (Å²) in [6.07, 6.45) is 7.00. The predicted octanol–water partition coefficient (Wildman–Crippen LogP) is 3.26. The van der Waals surface area contributed by atoms with Crippen molar-refractivity contribution in [2.45, 2.75) is 52.1 Å². The van der Waals surface area contributed by atoms with Crippen LogP contribution in [0.4, 0.5) is 0 Å². The van der Waals surface area contributed by atoms with Crippen LogP contribution in [0.2, 0.25) is 0 Å². The van der Waals surface area contributed by atoms with Crippen molar-refractivity contribution in [2.24, 2.45) is 5.92 Å². The van der Waals surface area contributed by atoms with Crippen LogP contribution in [0.15, 0.2) is 11.3 Å². The molecule has 1 nitrogen and oxygen atoms in total. The molecular formula is C11H18O. The third-order valence-electron chi connectivity index (χ3n) is 2.94. The fourth-order valence-electron chi connectivity index (χ4n) is 2.37. The summed E-state index contributed by atoms with van der Waals surface area (Å²) in [6.45, 7) is 4.24. The molecule has 1 heteroatoms. The van der Waals surface area contributed by atoms with E-state index in [1.54, 1.807) is 5.57 Å². The number of allylic oxidation sites excluding steroid dienone is 2. The largest absolute Gasteiger partial charge is 0.495 e. The molecule has 2 rings (SSSR count). The molecule has 1 fully saturated rings. The SMILES string of the molecule is CC(C)OC1=C2CCC(CC1)C2. The van der Waals surface area contributed by atoms with Crippen LogP contribution in [0.25, 0.3) is 0 Å². The molecule has 0 amide bonds. The maximum absolute atomic E-state index is 5.80. The molecule has 68 valence electrons. The van der Waals surface area contributed by atoms with Crippen molar-refractivity contribution in [2.75, 3.05) is 0 Å². The average molecular weight is 166 g/mol. The van der Waals surface area contributed by atoms with Gasteiger partial charge in [0.15, 0.2) is 0 Å². The summed E-state index contributed by atoms with van der Waals surface area (Å²) in [5.74, 6) is 2.33. The Hall–Kier alpha value is -0.460. The number of ether oxygens (including phenoxy) is 1. The molecular weight excluding hydrogens is 148 g/mol. The third-order valence-corrected chi connectivity index (χ3v) is 2.94. The fraction of sp³-hybridized carbons (Fsp3) is 0.818. The van der Waals surface area contributed by atoms with Crippen LogP contribution in [0.1, 0.15) is 46.0 Å². The first-order valence-corrected chi connectivity index (χ1v) is 5.13. The van der Waals surface area contributed by atoms with Crippen molar-refractivity contribution >= 4 is 0 Å². The lowest BCUT2D eigenvalue weighted by Gasteiger charge is -2.21. The van der Waals surface area contributed by atoms with Crippen LogP contribution >= 0.6 is 0 Å². The first kappa shape index (κ1) is 8.15. The monoisotopic (exact) mass is 166 g/mol. The Bertz CT molecular complexity index is 203. The summed E-state index contributed by atoms with van der Waals surface area (Å²) in [5, 5.41) is 0. The molecule has 1 saturated carbocycles. The van der Waals surface area contributed by atoms with E-state index in [9.17, 15) is 0 Å². The van der Waals surface area contributed by atoms with Gasteiger partial charge in [-0.25, -0.2) is 0 Å². The minimum Gasteiger partial charge on any atom is -0.495 e. The Morgan fingerprint density at radius 3 is 2.75 bits per heavy atom. The molecule has 0 aromatic carbocycles. The predicted molar refractivity (Wildman–Crippen MR) is 49.8 cm³/mol. The summed E-state index contributed by atoms with van der Waals surface area (Å²) in [4.78, 5) is 0. The summed E-state index contributed by atoms with van der Waals surface area (Å²) in [7, 11) is 0. The summed E-state index contributed by atoms with van der Waals surface area (Å²) in [6, 6.07) is 0. The molecule has 0 N–H and O–H groups in total. The highest BCUT2D eigenvalue weighted by atomic mass is 16.5. The number of hydrogen-bond acceptors (Lipinski definition) is 1. The zero-order valence-electron chi connectivity index (χ0n) is 8.10. The van der Waals surface area contributed by atoms with Crippen molar-refractivity contribution in [1.82, 2.24) is 0 Å². The highest BCUT2D eigenvalue weighted by Crippen LogP contribution is 2.41. The van der Waals surface area contributed by atoms with Crippen molar-refractivity contribution < 1.29 is 4.74 Å². The standard InChI is InChI=1S/C11H18O/c1-8(2)12-11-6-4-9-3-5-10(11)7-9/h8-9H,3-7H2,1-2H3. The van der Waals surface area contributed by atoms with Crippen LogP contribution in [0.3, 0.4) is 0 Å². The Labute approximate surface area is 74.8 Å². The van der Waals surface area contributed by atoms with Gasteiger partial charge in [-0.2, -0.15) is 0 Å². The zero-order valence-corrected chi connectivity index (χ0v) is 8.10. The molecule has 0 saturated heterocycles. The maximum Gasteiger partial charge on any atom is 0.0955 e. The second-order valence-electron chi connectivity index (χ2n) is 4.34. The fourth-order valence-corrected chi connectivity index (χ4v) is 2.37. The van der Waals surface area contributed by atoms with Gasteiger partial charge in [-0.3, -0.25) is 0 Å². The number of hydrogen-bond donors (Lipinski definition) is 0. The van der Waals surface area contributed by atoms with Gasteiger partial charge in [0, 0.05) is 6.42 Å². The molecule has 0 aromatic heterocycles. The number of rotatable bonds is 2. The quantitative estimate of drug-likeness (QED) is 0.611. The molecule has 1 unspecified atom stereocenters. The average Bonchev–Trinajstić information content (AvgIpc) is 2.39. The van der Waals surface area contributed by atoms with Crippen molar-refractivity contribution in [3.8, 4) is 0 Å². The summed E-state index contributed by atoms with van der Waals surface area (Å²) >= 11 is 0. The molecule has 2 aliphatic carbocycles. The molecule has 0 aliphatic heterocycles. The van der Waals surface area contributed by atoms with Gasteiger partial charge in [0.05, 0.1) is 11.9 Å². The van der Waals surface area contributed by atoms with Gasteiger partial charge in [-0.15, -0.1) is 0 Å². The Kier molecular flexibility index (Phi) is 2.12. The molecule has 12 heavy (non-hydrogen) atoms. The summed E-state index contributed by atoms with van der Waals surface area (Å²) < 4.78 is 5.80. The molecule has 0 heterocycles. The van der Waals surface area contributed by atoms with Crippen LogP contribution in [0, 0.1) is 5.92 Å². The summed E-state index contributed by atoms with van der Waals surface area (Å²) in [5.41, 5.74) is 1.62. The van der Waals surface area contributed by atoms with E-state index in [4.69, 9.17) is 4.74 Å². The second kappa shape index (κ2) is 3.12. The van der Waals surface area contributed by atoms with Crippen LogP contribution in [-0.2, 0) is 4.74 Å². The minimum absolute atomic E-state index is 0.365. The Morgan fingerprint density at radius 2 is 2.00 bits per heavy atom. The van der Waals surface area contributed by atoms with Gasteiger partial charge in [0.25, 0.3) is 0 Å². The molecule has 2 aliphatic rings. The van der Waals surface area contributed by atoms with Crippen LogP contribution < -0.4 is 0 Å². The van der Waals surface area contributed by atoms with Crippen molar-refractivity contribution in [1.29, 1.82) is 0 Å². The molecule has 2 bridgehead atoms. The first-order chi connectivity index (χ1) is 5.75. The first-order valence-electron chi connectivity index (χ1n) is 5.13. The molecule has 0 spiro atoms. The van der Waals surface area contributed by atoms with E-state index in [2.05, 4.69) is 13.8 Å². The highest BCUT2D eigenvalue weighted by Gasteiger charge is 2.28. The van der Waals surface area contributed by atoms with Gasteiger partial charge < -0.3 is 4.74 Å². The van der Waals surface area contributed by atoms with E-state index in [1.165, 1.54) is 37.9 Å². The topological polar surface area (TPSA) is 9.23 Å². The van der Waals surface area contributed by atoms with E-state index in [1.807, 2.05) is 0 Å². The van der Waals surface area contributed by atoms with Gasteiger partial charge >= 0.3 is 0 Å². The van der Waals surface area contributed by atoms with E-state index in [-0.39, 0.29) is 0 Å². The molecule has 1 atom stereocenters. The van der Waals surface area contributed by atoms with E-state index >= 15 is 0 Å². The molecule has 0 aromatic rings. The van der Waals surface area contributed by atoms with E-state index < -0.39 is 0 Å². The lowest BCUT2D eigenvalue weighted by Crippen LogP contribution is -2.08. The maximum atomic E-state index is 5.80. The van der Waals surface area contributed by atoms with Crippen molar-refractivity contribution in [3.05, 3.63) is 11.3 Å². The lowest BCUT2D eigenvalue weighted by atomic mass is 9.95. The van der Waals surface area contributed by atoms with Gasteiger partial charge in [-0.1, -0.05) is 0 Å². The highest BCUT2D eigenvalue weighted by molar-refractivity contribution is 5.17. The van der Waals surface area contributed by atoms with Gasteiger partial charge in [-0.05, 0) is 51.0 Å². The van der Waals surface area contributed by atoms with Gasteiger partial charge in [0.2, 0.25) is 0 Å². The van der Waals surface area contributed by atoms with Gasteiger partial charge in [0.1, 0.15) is 0 Å². The third kappa shape index (κ3) is 1.50. The van der Waals surface area contributed by atoms with Crippen molar-refractivity contribution in [3.63, 3.8) is 0 Å². The second-order valence-corrected chi connectivity index (χ2v) is 4.34. The number of fused-ring (bicyclic) bond motifs is 2. The van der Waals surface area contributed by atoms with E-state index in [0.29, 0.717) is 6.10 Å². The normalized spacial score (nSPS) is 28.4. The van der Waals surface area contributed by atoms with Crippen LogP contribution in [-0.4, -0.2) is 6.10 Å². The Morgan fingerprint density at radius 1 is 1.25 bits per heavy atom. The zero-order chi connectivity index (χ0) is 8.55.